The van der Waals surface area contributed by atoms with Gasteiger partial charge in [0.2, 0.25) is 0 Å². The molecule has 0 radical (unpaired) electrons. The van der Waals surface area contributed by atoms with Crippen molar-refractivity contribution in [3.63, 3.8) is 0 Å². The molecular weight excluding hydrogens is 409 g/mol. The van der Waals surface area contributed by atoms with E-state index in [4.69, 9.17) is 16.3 Å². The lowest BCUT2D eigenvalue weighted by Crippen LogP contribution is -2.15. The number of benzene rings is 2. The molecule has 2 aromatic heterocycles. The summed E-state index contributed by atoms with van der Waals surface area (Å²) in [5.74, 6) is 0.490. The third kappa shape index (κ3) is 3.54. The lowest BCUT2D eigenvalue weighted by atomic mass is 10.2. The van der Waals surface area contributed by atoms with Crippen molar-refractivity contribution in [3.05, 3.63) is 65.4 Å². The molecule has 0 fully saturated rings. The highest BCUT2D eigenvalue weighted by atomic mass is 35.5. The first kappa shape index (κ1) is 18.9. The molecule has 0 bridgehead atoms. The zero-order valence-corrected chi connectivity index (χ0v) is 15.6. The average Bonchev–Trinajstić information content (AvgIpc) is 3.34. The zero-order chi connectivity index (χ0) is 20.6. The molecule has 0 amide bonds. The Hall–Kier alpha value is -3.40. The van der Waals surface area contributed by atoms with Gasteiger partial charge in [0, 0.05) is 5.02 Å². The number of alkyl halides is 3. The van der Waals surface area contributed by atoms with Crippen LogP contribution in [0.25, 0.3) is 22.8 Å². The lowest BCUT2D eigenvalue weighted by Gasteiger charge is -2.13. The van der Waals surface area contributed by atoms with Gasteiger partial charge in [0.05, 0.1) is 30.2 Å². The van der Waals surface area contributed by atoms with E-state index in [0.29, 0.717) is 11.4 Å². The minimum absolute atomic E-state index is 0.101. The van der Waals surface area contributed by atoms with Crippen LogP contribution in [0.5, 0.6) is 5.75 Å². The van der Waals surface area contributed by atoms with Crippen LogP contribution in [0.3, 0.4) is 0 Å². The van der Waals surface area contributed by atoms with Crippen LogP contribution in [-0.4, -0.2) is 37.1 Å². The summed E-state index contributed by atoms with van der Waals surface area (Å²) in [6.07, 6.45) is -3.64. The monoisotopic (exact) mass is 420 g/mol. The van der Waals surface area contributed by atoms with Crippen molar-refractivity contribution >= 4 is 11.6 Å². The van der Waals surface area contributed by atoms with Gasteiger partial charge in [0.15, 0.2) is 11.5 Å². The van der Waals surface area contributed by atoms with Crippen LogP contribution in [-0.2, 0) is 6.18 Å². The van der Waals surface area contributed by atoms with Gasteiger partial charge in [-0.2, -0.15) is 23.0 Å². The minimum atomic E-state index is -4.72. The van der Waals surface area contributed by atoms with E-state index in [9.17, 15) is 13.2 Å². The number of aromatic nitrogens is 6. The van der Waals surface area contributed by atoms with E-state index >= 15 is 0 Å². The first-order valence-electron chi connectivity index (χ1n) is 8.23. The Morgan fingerprint density at radius 1 is 1.00 bits per heavy atom. The number of methoxy groups -OCH3 is 1. The fourth-order valence-corrected chi connectivity index (χ4v) is 3.03. The molecule has 0 saturated carbocycles. The highest BCUT2D eigenvalue weighted by Gasteiger charge is 2.40. The Bertz CT molecular complexity index is 1150. The fourth-order valence-electron chi connectivity index (χ4n) is 2.84. The van der Waals surface area contributed by atoms with E-state index < -0.39 is 11.9 Å². The van der Waals surface area contributed by atoms with Crippen LogP contribution in [0, 0.1) is 0 Å². The summed E-state index contributed by atoms with van der Waals surface area (Å²) in [7, 11) is 1.51. The summed E-state index contributed by atoms with van der Waals surface area (Å²) >= 11 is 5.93. The van der Waals surface area contributed by atoms with Gasteiger partial charge < -0.3 is 4.74 Å². The largest absolute Gasteiger partial charge is 0.497 e. The summed E-state index contributed by atoms with van der Waals surface area (Å²) in [6.45, 7) is 0. The van der Waals surface area contributed by atoms with Crippen molar-refractivity contribution in [2.24, 2.45) is 0 Å². The predicted octanol–water partition coefficient (Wildman–Crippen LogP) is 4.20. The van der Waals surface area contributed by atoms with Gasteiger partial charge in [-0.1, -0.05) is 17.7 Å². The summed E-state index contributed by atoms with van der Waals surface area (Å²) in [5, 5.41) is 15.4. The molecule has 0 atom stereocenters. The molecule has 0 spiro atoms. The molecule has 0 aliphatic heterocycles. The Balaban J connectivity index is 1.88. The molecular formula is C18H12ClF3N6O. The molecule has 4 aromatic rings. The van der Waals surface area contributed by atoms with Crippen molar-refractivity contribution in [1.82, 2.24) is 30.0 Å². The van der Waals surface area contributed by atoms with Crippen LogP contribution in [0.2, 0.25) is 5.02 Å². The standard InChI is InChI=1S/C18H12ClF3N6O/c1-29-14-7-5-12(6-8-14)28-17(24-25-26-28)15-10-23-27(16(15)18(20,21)22)13-4-2-3-11(19)9-13/h2-10H,1H3. The maximum atomic E-state index is 14.0. The maximum Gasteiger partial charge on any atom is 0.434 e. The number of rotatable bonds is 4. The van der Waals surface area contributed by atoms with Crippen LogP contribution < -0.4 is 4.74 Å². The number of ether oxygens (including phenoxy) is 1. The molecule has 0 N–H and O–H groups in total. The molecule has 2 aromatic carbocycles. The molecule has 11 heteroatoms. The minimum Gasteiger partial charge on any atom is -0.497 e. The molecule has 0 aliphatic carbocycles. The molecule has 0 unspecified atom stereocenters. The van der Waals surface area contributed by atoms with Gasteiger partial charge in [-0.3, -0.25) is 0 Å². The Labute approximate surface area is 167 Å². The zero-order valence-electron chi connectivity index (χ0n) is 14.8. The van der Waals surface area contributed by atoms with Crippen molar-refractivity contribution in [2.45, 2.75) is 6.18 Å². The number of halogens is 4. The smallest absolute Gasteiger partial charge is 0.434 e. The quantitative estimate of drug-likeness (QED) is 0.495. The fraction of sp³-hybridized carbons (Fsp3) is 0.111. The average molecular weight is 421 g/mol. The molecule has 2 heterocycles. The van der Waals surface area contributed by atoms with E-state index in [1.54, 1.807) is 36.4 Å². The molecule has 148 valence electrons. The Morgan fingerprint density at radius 3 is 2.41 bits per heavy atom. The second kappa shape index (κ2) is 7.21. The molecule has 0 aliphatic rings. The highest BCUT2D eigenvalue weighted by molar-refractivity contribution is 6.30. The SMILES string of the molecule is COc1ccc(-n2nnnc2-c2cnn(-c3cccc(Cl)c3)c2C(F)(F)F)cc1. The summed E-state index contributed by atoms with van der Waals surface area (Å²) in [5.41, 5.74) is -0.642. The van der Waals surface area contributed by atoms with Gasteiger partial charge in [0.25, 0.3) is 0 Å². The van der Waals surface area contributed by atoms with Crippen LogP contribution in [0.4, 0.5) is 13.2 Å². The van der Waals surface area contributed by atoms with Crippen LogP contribution in [0.15, 0.2) is 54.7 Å². The lowest BCUT2D eigenvalue weighted by molar-refractivity contribution is -0.142. The normalized spacial score (nSPS) is 11.6. The highest BCUT2D eigenvalue weighted by Crippen LogP contribution is 2.38. The topological polar surface area (TPSA) is 70.7 Å². The third-order valence-corrected chi connectivity index (χ3v) is 4.35. The number of tetrazole rings is 1. The van der Waals surface area contributed by atoms with E-state index in [-0.39, 0.29) is 22.1 Å². The van der Waals surface area contributed by atoms with Gasteiger partial charge in [-0.05, 0) is 52.9 Å². The summed E-state index contributed by atoms with van der Waals surface area (Å²) in [4.78, 5) is 0. The second-order valence-corrected chi connectivity index (χ2v) is 6.35. The van der Waals surface area contributed by atoms with E-state index in [1.165, 1.54) is 23.9 Å². The van der Waals surface area contributed by atoms with Crippen molar-refractivity contribution < 1.29 is 17.9 Å². The van der Waals surface area contributed by atoms with Gasteiger partial charge >= 0.3 is 6.18 Å². The molecule has 7 nitrogen and oxygen atoms in total. The number of hydrogen-bond donors (Lipinski definition) is 0. The summed E-state index contributed by atoms with van der Waals surface area (Å²) < 4.78 is 49.0. The first-order chi connectivity index (χ1) is 13.9. The predicted molar refractivity (Wildman–Crippen MR) is 98.3 cm³/mol. The van der Waals surface area contributed by atoms with Crippen molar-refractivity contribution in [1.29, 1.82) is 0 Å². The van der Waals surface area contributed by atoms with E-state index in [0.717, 1.165) is 10.9 Å². The van der Waals surface area contributed by atoms with Crippen LogP contribution >= 0.6 is 11.6 Å². The third-order valence-electron chi connectivity index (χ3n) is 4.12. The summed E-state index contributed by atoms with van der Waals surface area (Å²) in [6, 6.07) is 12.5. The van der Waals surface area contributed by atoms with Gasteiger partial charge in [0.1, 0.15) is 5.75 Å². The second-order valence-electron chi connectivity index (χ2n) is 5.91. The van der Waals surface area contributed by atoms with E-state index in [2.05, 4.69) is 20.6 Å². The van der Waals surface area contributed by atoms with Gasteiger partial charge in [-0.25, -0.2) is 4.68 Å². The number of hydrogen-bond acceptors (Lipinski definition) is 5. The van der Waals surface area contributed by atoms with Crippen molar-refractivity contribution in [3.8, 4) is 28.5 Å². The van der Waals surface area contributed by atoms with Crippen molar-refractivity contribution in [2.75, 3.05) is 7.11 Å². The number of nitrogens with zero attached hydrogens (tertiary/aromatic N) is 6. The Morgan fingerprint density at radius 2 is 1.76 bits per heavy atom. The molecule has 29 heavy (non-hydrogen) atoms. The Kier molecular flexibility index (Phi) is 4.71. The van der Waals surface area contributed by atoms with Gasteiger partial charge in [-0.15, -0.1) is 5.10 Å². The molecule has 0 saturated heterocycles. The first-order valence-corrected chi connectivity index (χ1v) is 8.60. The van der Waals surface area contributed by atoms with Crippen LogP contribution in [0.1, 0.15) is 5.69 Å². The maximum absolute atomic E-state index is 14.0. The molecule has 4 rings (SSSR count). The van der Waals surface area contributed by atoms with E-state index in [1.807, 2.05) is 0 Å².